The number of esters is 1. The highest BCUT2D eigenvalue weighted by Crippen LogP contribution is 2.38. The fourth-order valence-electron chi connectivity index (χ4n) is 2.91. The van der Waals surface area contributed by atoms with E-state index in [1.165, 1.54) is 7.11 Å². The number of nitrogens with one attached hydrogen (secondary N) is 1. The summed E-state index contributed by atoms with van der Waals surface area (Å²) < 4.78 is 10.3. The van der Waals surface area contributed by atoms with Crippen molar-refractivity contribution in [2.45, 2.75) is 50.8 Å². The van der Waals surface area contributed by atoms with E-state index in [2.05, 4.69) is 5.32 Å². The minimum Gasteiger partial charge on any atom is -0.467 e. The van der Waals surface area contributed by atoms with Crippen LogP contribution in [0.15, 0.2) is 0 Å². The highest BCUT2D eigenvalue weighted by molar-refractivity contribution is 5.87. The van der Waals surface area contributed by atoms with Gasteiger partial charge in [0.05, 0.1) is 7.11 Å². The van der Waals surface area contributed by atoms with Crippen molar-refractivity contribution in [2.75, 3.05) is 20.2 Å². The Kier molecular flexibility index (Phi) is 3.47. The van der Waals surface area contributed by atoms with E-state index in [0.717, 1.165) is 6.42 Å². The number of ether oxygens (including phenoxy) is 2. The summed E-state index contributed by atoms with van der Waals surface area (Å²) in [6.07, 6.45) is 0.986. The number of carbonyl (C=O) groups excluding carboxylic acids is 2. The molecule has 6 nitrogen and oxygen atoms in total. The van der Waals surface area contributed by atoms with Gasteiger partial charge >= 0.3 is 12.1 Å². The number of nitrogens with zero attached hydrogens (tertiary/aromatic N) is 1. The van der Waals surface area contributed by atoms with Gasteiger partial charge in [-0.15, -0.1) is 0 Å². The number of fused-ring (bicyclic) bond motifs is 2. The molecule has 2 unspecified atom stereocenters. The minimum absolute atomic E-state index is 0.00250. The molecule has 0 aromatic carbocycles. The zero-order chi connectivity index (χ0) is 14.3. The average Bonchev–Trinajstić information content (AvgIpc) is 2.54. The minimum atomic E-state index is -0.903. The SMILES string of the molecule is COC(=O)C12CCC(CNC1)N2C(=O)OC(C)(C)C. The molecule has 108 valence electrons. The first-order valence-corrected chi connectivity index (χ1v) is 6.61. The number of hydrogen-bond acceptors (Lipinski definition) is 5. The second kappa shape index (κ2) is 4.67. The van der Waals surface area contributed by atoms with Crippen LogP contribution in [0.4, 0.5) is 4.79 Å². The molecule has 1 amide bonds. The number of rotatable bonds is 1. The van der Waals surface area contributed by atoms with Crippen LogP contribution in [0.1, 0.15) is 33.6 Å². The van der Waals surface area contributed by atoms with Crippen LogP contribution in [0, 0.1) is 0 Å². The average molecular weight is 270 g/mol. The molecule has 2 fully saturated rings. The smallest absolute Gasteiger partial charge is 0.411 e. The molecule has 2 saturated heterocycles. The molecular weight excluding hydrogens is 248 g/mol. The van der Waals surface area contributed by atoms with Gasteiger partial charge in [-0.25, -0.2) is 9.59 Å². The summed E-state index contributed by atoms with van der Waals surface area (Å²) in [6.45, 7) is 6.58. The quantitative estimate of drug-likeness (QED) is 0.717. The maximum Gasteiger partial charge on any atom is 0.411 e. The van der Waals surface area contributed by atoms with E-state index < -0.39 is 17.2 Å². The van der Waals surface area contributed by atoms with Crippen LogP contribution >= 0.6 is 0 Å². The second-order valence-corrected chi connectivity index (χ2v) is 6.20. The Morgan fingerprint density at radius 2 is 2.05 bits per heavy atom. The van der Waals surface area contributed by atoms with Crippen LogP contribution in [0.5, 0.6) is 0 Å². The number of piperazine rings is 1. The van der Waals surface area contributed by atoms with Gasteiger partial charge in [-0.3, -0.25) is 4.90 Å². The molecule has 1 N–H and O–H groups in total. The van der Waals surface area contributed by atoms with Gasteiger partial charge in [-0.2, -0.15) is 0 Å². The lowest BCUT2D eigenvalue weighted by Crippen LogP contribution is -2.66. The van der Waals surface area contributed by atoms with E-state index in [0.29, 0.717) is 19.5 Å². The third kappa shape index (κ3) is 2.41. The number of methoxy groups -OCH3 is 1. The summed E-state index contributed by atoms with van der Waals surface area (Å²) in [6, 6.07) is 0.00250. The highest BCUT2D eigenvalue weighted by atomic mass is 16.6. The van der Waals surface area contributed by atoms with Gasteiger partial charge < -0.3 is 14.8 Å². The predicted molar refractivity (Wildman–Crippen MR) is 68.7 cm³/mol. The Morgan fingerprint density at radius 1 is 1.37 bits per heavy atom. The van der Waals surface area contributed by atoms with Crippen LogP contribution in [-0.2, 0) is 14.3 Å². The predicted octanol–water partition coefficient (Wildman–Crippen LogP) is 0.901. The molecule has 0 spiro atoms. The molecule has 0 aliphatic carbocycles. The lowest BCUT2D eigenvalue weighted by molar-refractivity contribution is -0.155. The van der Waals surface area contributed by atoms with Gasteiger partial charge in [0.25, 0.3) is 0 Å². The maximum atomic E-state index is 12.4. The fraction of sp³-hybridized carbons (Fsp3) is 0.846. The summed E-state index contributed by atoms with van der Waals surface area (Å²) in [5.41, 5.74) is -1.47. The molecule has 2 heterocycles. The first-order chi connectivity index (χ1) is 8.80. The molecule has 2 bridgehead atoms. The van der Waals surface area contributed by atoms with Gasteiger partial charge in [0.1, 0.15) is 5.60 Å². The molecule has 6 heteroatoms. The van der Waals surface area contributed by atoms with E-state index in [-0.39, 0.29) is 12.0 Å². The zero-order valence-electron chi connectivity index (χ0n) is 12.0. The highest BCUT2D eigenvalue weighted by Gasteiger charge is 2.57. The Morgan fingerprint density at radius 3 is 2.63 bits per heavy atom. The number of carbonyl (C=O) groups is 2. The van der Waals surface area contributed by atoms with Crippen LogP contribution in [-0.4, -0.2) is 54.3 Å². The third-order valence-electron chi connectivity index (χ3n) is 3.67. The lowest BCUT2D eigenvalue weighted by Gasteiger charge is -2.42. The fourth-order valence-corrected chi connectivity index (χ4v) is 2.91. The first-order valence-electron chi connectivity index (χ1n) is 6.61. The van der Waals surface area contributed by atoms with Crippen molar-refractivity contribution in [1.29, 1.82) is 0 Å². The van der Waals surface area contributed by atoms with Gasteiger partial charge in [0.2, 0.25) is 0 Å². The van der Waals surface area contributed by atoms with Gasteiger partial charge in [-0.05, 0) is 33.6 Å². The van der Waals surface area contributed by atoms with Crippen molar-refractivity contribution in [3.05, 3.63) is 0 Å². The Hall–Kier alpha value is -1.30. The van der Waals surface area contributed by atoms with E-state index >= 15 is 0 Å². The van der Waals surface area contributed by atoms with E-state index in [1.54, 1.807) is 4.90 Å². The molecule has 0 aromatic heterocycles. The topological polar surface area (TPSA) is 67.9 Å². The molecule has 0 aromatic rings. The Balaban J connectivity index is 2.26. The van der Waals surface area contributed by atoms with E-state index in [4.69, 9.17) is 9.47 Å². The summed E-state index contributed by atoms with van der Waals surface area (Å²) in [7, 11) is 1.35. The maximum absolute atomic E-state index is 12.4. The lowest BCUT2D eigenvalue weighted by atomic mass is 9.96. The van der Waals surface area contributed by atoms with Crippen LogP contribution in [0.2, 0.25) is 0 Å². The molecule has 2 rings (SSSR count). The van der Waals surface area contributed by atoms with Crippen LogP contribution in [0.3, 0.4) is 0 Å². The van der Waals surface area contributed by atoms with E-state index in [9.17, 15) is 9.59 Å². The van der Waals surface area contributed by atoms with Crippen molar-refractivity contribution in [3.8, 4) is 0 Å². The first kappa shape index (κ1) is 14.1. The molecular formula is C13H22N2O4. The zero-order valence-corrected chi connectivity index (χ0v) is 12.0. The third-order valence-corrected chi connectivity index (χ3v) is 3.67. The molecule has 0 radical (unpaired) electrons. The second-order valence-electron chi connectivity index (χ2n) is 6.20. The van der Waals surface area contributed by atoms with Crippen molar-refractivity contribution >= 4 is 12.1 Å². The Labute approximate surface area is 113 Å². The van der Waals surface area contributed by atoms with Crippen molar-refractivity contribution in [3.63, 3.8) is 0 Å². The normalized spacial score (nSPS) is 30.1. The van der Waals surface area contributed by atoms with Gasteiger partial charge in [0.15, 0.2) is 5.54 Å². The van der Waals surface area contributed by atoms with Crippen LogP contribution in [0.25, 0.3) is 0 Å². The molecule has 2 aliphatic heterocycles. The van der Waals surface area contributed by atoms with Crippen molar-refractivity contribution < 1.29 is 19.1 Å². The molecule has 0 saturated carbocycles. The van der Waals surface area contributed by atoms with Crippen molar-refractivity contribution in [1.82, 2.24) is 10.2 Å². The summed E-state index contributed by atoms with van der Waals surface area (Å²) in [5, 5.41) is 3.20. The summed E-state index contributed by atoms with van der Waals surface area (Å²) in [5.74, 6) is -0.368. The summed E-state index contributed by atoms with van der Waals surface area (Å²) in [4.78, 5) is 26.1. The van der Waals surface area contributed by atoms with Crippen LogP contribution < -0.4 is 5.32 Å². The Bertz CT molecular complexity index is 387. The summed E-state index contributed by atoms with van der Waals surface area (Å²) >= 11 is 0. The number of amides is 1. The van der Waals surface area contributed by atoms with Gasteiger partial charge in [-0.1, -0.05) is 0 Å². The molecule has 2 atom stereocenters. The standard InChI is InChI=1S/C13H22N2O4/c1-12(2,3)19-11(17)15-9-5-6-13(15,8-14-7-9)10(16)18-4/h9,14H,5-8H2,1-4H3. The number of hydrogen-bond donors (Lipinski definition) is 1. The van der Waals surface area contributed by atoms with E-state index in [1.807, 2.05) is 20.8 Å². The monoisotopic (exact) mass is 270 g/mol. The molecule has 19 heavy (non-hydrogen) atoms. The molecule has 2 aliphatic rings. The van der Waals surface area contributed by atoms with Crippen molar-refractivity contribution in [2.24, 2.45) is 0 Å². The largest absolute Gasteiger partial charge is 0.467 e. The van der Waals surface area contributed by atoms with Gasteiger partial charge in [0, 0.05) is 19.1 Å².